The number of aryl methyl sites for hydroxylation is 1. The number of rotatable bonds is 5. The van der Waals surface area contributed by atoms with Crippen molar-refractivity contribution in [1.29, 1.82) is 5.26 Å². The lowest BCUT2D eigenvalue weighted by Gasteiger charge is -2.21. The number of likely N-dealkylation sites (tertiary alicyclic amines) is 1. The Morgan fingerprint density at radius 2 is 2.22 bits per heavy atom. The first-order valence-corrected chi connectivity index (χ1v) is 7.68. The van der Waals surface area contributed by atoms with Gasteiger partial charge in [0, 0.05) is 5.56 Å². The van der Waals surface area contributed by atoms with Gasteiger partial charge in [0.05, 0.1) is 13.2 Å². The van der Waals surface area contributed by atoms with Gasteiger partial charge in [-0.25, -0.2) is 0 Å². The number of nitrogens with zero attached hydrogens (tertiary/aromatic N) is 2. The van der Waals surface area contributed by atoms with E-state index in [4.69, 9.17) is 14.4 Å². The number of hydrogen-bond donors (Lipinski definition) is 1. The quantitative estimate of drug-likeness (QED) is 0.830. The molecule has 0 unspecified atom stereocenters. The summed E-state index contributed by atoms with van der Waals surface area (Å²) >= 11 is 0. The van der Waals surface area contributed by atoms with E-state index in [0.29, 0.717) is 36.5 Å². The van der Waals surface area contributed by atoms with Crippen molar-refractivity contribution in [2.75, 3.05) is 25.0 Å². The van der Waals surface area contributed by atoms with Crippen LogP contribution in [0, 0.1) is 25.2 Å². The second-order valence-electron chi connectivity index (χ2n) is 5.53. The Bertz CT molecular complexity index is 644. The van der Waals surface area contributed by atoms with E-state index in [-0.39, 0.29) is 30.3 Å². The predicted octanol–water partition coefficient (Wildman–Crippen LogP) is 1.73. The van der Waals surface area contributed by atoms with Gasteiger partial charge in [0.25, 0.3) is 0 Å². The average Bonchev–Trinajstić information content (AvgIpc) is 3.05. The van der Waals surface area contributed by atoms with Crippen LogP contribution in [0.5, 0.6) is 0 Å². The smallest absolute Gasteiger partial charge is 0.323 e. The SMILES string of the molecule is CCOC(=O)[C@H]1CCCN1CC(=O)Nc1oc(C)c(C)c1C#N. The molecule has 0 saturated carbocycles. The minimum Gasteiger partial charge on any atom is -0.465 e. The molecule has 1 fully saturated rings. The molecular weight excluding hydrogens is 298 g/mol. The highest BCUT2D eigenvalue weighted by atomic mass is 16.5. The summed E-state index contributed by atoms with van der Waals surface area (Å²) in [5, 5.41) is 11.8. The summed E-state index contributed by atoms with van der Waals surface area (Å²) in [6.45, 7) is 6.32. The van der Waals surface area contributed by atoms with Crippen molar-refractivity contribution in [3.05, 3.63) is 16.9 Å². The molecule has 0 bridgehead atoms. The lowest BCUT2D eigenvalue weighted by Crippen LogP contribution is -2.41. The van der Waals surface area contributed by atoms with Crippen LogP contribution >= 0.6 is 0 Å². The highest BCUT2D eigenvalue weighted by Gasteiger charge is 2.33. The molecule has 1 saturated heterocycles. The molecule has 1 aromatic heterocycles. The third kappa shape index (κ3) is 3.71. The van der Waals surface area contributed by atoms with E-state index < -0.39 is 0 Å². The molecule has 2 rings (SSSR count). The van der Waals surface area contributed by atoms with Crippen molar-refractivity contribution < 1.29 is 18.7 Å². The van der Waals surface area contributed by atoms with Crippen LogP contribution < -0.4 is 5.32 Å². The van der Waals surface area contributed by atoms with Crippen molar-refractivity contribution in [2.45, 2.75) is 39.7 Å². The van der Waals surface area contributed by atoms with Crippen LogP contribution in [-0.2, 0) is 14.3 Å². The third-order valence-corrected chi connectivity index (χ3v) is 4.02. The largest absolute Gasteiger partial charge is 0.465 e. The molecule has 1 amide bonds. The second-order valence-corrected chi connectivity index (χ2v) is 5.53. The van der Waals surface area contributed by atoms with Gasteiger partial charge in [0.15, 0.2) is 0 Å². The maximum atomic E-state index is 12.2. The van der Waals surface area contributed by atoms with Gasteiger partial charge in [-0.3, -0.25) is 19.8 Å². The summed E-state index contributed by atoms with van der Waals surface area (Å²) in [5.74, 6) is 0.161. The Balaban J connectivity index is 2.01. The zero-order chi connectivity index (χ0) is 17.0. The van der Waals surface area contributed by atoms with Crippen molar-refractivity contribution >= 4 is 17.8 Å². The lowest BCUT2D eigenvalue weighted by atomic mass is 10.2. The molecule has 1 aliphatic rings. The molecule has 2 heterocycles. The van der Waals surface area contributed by atoms with Gasteiger partial charge in [-0.05, 0) is 40.2 Å². The van der Waals surface area contributed by atoms with Crippen LogP contribution in [0.15, 0.2) is 4.42 Å². The first-order chi connectivity index (χ1) is 11.0. The molecule has 1 atom stereocenters. The Labute approximate surface area is 135 Å². The first kappa shape index (κ1) is 17.0. The Kier molecular flexibility index (Phi) is 5.40. The summed E-state index contributed by atoms with van der Waals surface area (Å²) in [6.07, 6.45) is 1.54. The molecule has 0 aliphatic carbocycles. The number of amides is 1. The lowest BCUT2D eigenvalue weighted by molar-refractivity contribution is -0.148. The first-order valence-electron chi connectivity index (χ1n) is 7.68. The van der Waals surface area contributed by atoms with Crippen molar-refractivity contribution in [2.24, 2.45) is 0 Å². The number of carbonyl (C=O) groups is 2. The highest BCUT2D eigenvalue weighted by Crippen LogP contribution is 2.25. The van der Waals surface area contributed by atoms with E-state index in [1.54, 1.807) is 25.7 Å². The maximum Gasteiger partial charge on any atom is 0.323 e. The van der Waals surface area contributed by atoms with E-state index >= 15 is 0 Å². The minimum absolute atomic E-state index is 0.0626. The number of anilines is 1. The molecule has 0 aromatic carbocycles. The second kappa shape index (κ2) is 7.29. The van der Waals surface area contributed by atoms with Crippen LogP contribution in [0.2, 0.25) is 0 Å². The van der Waals surface area contributed by atoms with E-state index in [1.165, 1.54) is 0 Å². The molecular formula is C16H21N3O4. The summed E-state index contributed by atoms with van der Waals surface area (Å²) in [7, 11) is 0. The summed E-state index contributed by atoms with van der Waals surface area (Å²) in [6, 6.07) is 1.65. The fraction of sp³-hybridized carbons (Fsp3) is 0.562. The monoisotopic (exact) mass is 319 g/mol. The number of nitriles is 1. The van der Waals surface area contributed by atoms with Crippen LogP contribution in [0.3, 0.4) is 0 Å². The zero-order valence-corrected chi connectivity index (χ0v) is 13.6. The number of furan rings is 1. The van der Waals surface area contributed by atoms with Crippen molar-refractivity contribution in [1.82, 2.24) is 4.90 Å². The van der Waals surface area contributed by atoms with Gasteiger partial charge in [0.1, 0.15) is 23.4 Å². The zero-order valence-electron chi connectivity index (χ0n) is 13.6. The normalized spacial score (nSPS) is 17.7. The standard InChI is InChI=1S/C16H21N3O4/c1-4-22-16(21)13-6-5-7-19(13)9-14(20)18-15-12(8-17)10(2)11(3)23-15/h13H,4-7,9H2,1-3H3,(H,18,20)/t13-/m1/s1. The fourth-order valence-electron chi connectivity index (χ4n) is 2.72. The van der Waals surface area contributed by atoms with E-state index in [9.17, 15) is 9.59 Å². The number of nitrogens with one attached hydrogen (secondary N) is 1. The van der Waals surface area contributed by atoms with E-state index in [2.05, 4.69) is 5.32 Å². The summed E-state index contributed by atoms with van der Waals surface area (Å²) in [4.78, 5) is 25.9. The number of carbonyl (C=O) groups excluding carboxylic acids is 2. The van der Waals surface area contributed by atoms with Crippen LogP contribution in [0.25, 0.3) is 0 Å². The molecule has 1 aromatic rings. The Morgan fingerprint density at radius 3 is 2.87 bits per heavy atom. The van der Waals surface area contributed by atoms with Gasteiger partial charge in [-0.15, -0.1) is 0 Å². The number of esters is 1. The van der Waals surface area contributed by atoms with E-state index in [0.717, 1.165) is 6.42 Å². The Hall–Kier alpha value is -2.33. The van der Waals surface area contributed by atoms with Gasteiger partial charge in [0.2, 0.25) is 11.8 Å². The van der Waals surface area contributed by atoms with Crippen molar-refractivity contribution in [3.8, 4) is 6.07 Å². The maximum absolute atomic E-state index is 12.2. The van der Waals surface area contributed by atoms with Gasteiger partial charge < -0.3 is 9.15 Å². The minimum atomic E-state index is -0.379. The Morgan fingerprint density at radius 1 is 1.48 bits per heavy atom. The molecule has 23 heavy (non-hydrogen) atoms. The van der Waals surface area contributed by atoms with Gasteiger partial charge in [-0.2, -0.15) is 5.26 Å². The number of hydrogen-bond acceptors (Lipinski definition) is 6. The fourth-order valence-corrected chi connectivity index (χ4v) is 2.72. The molecule has 124 valence electrons. The topological polar surface area (TPSA) is 95.6 Å². The van der Waals surface area contributed by atoms with Crippen molar-refractivity contribution in [3.63, 3.8) is 0 Å². The summed E-state index contributed by atoms with van der Waals surface area (Å²) in [5.41, 5.74) is 1.05. The molecule has 7 nitrogen and oxygen atoms in total. The van der Waals surface area contributed by atoms with Crippen LogP contribution in [0.1, 0.15) is 36.7 Å². The molecule has 1 N–H and O–H groups in total. The molecule has 0 radical (unpaired) electrons. The summed E-state index contributed by atoms with van der Waals surface area (Å²) < 4.78 is 10.5. The number of ether oxygens (including phenoxy) is 1. The molecule has 0 spiro atoms. The average molecular weight is 319 g/mol. The predicted molar refractivity (Wildman–Crippen MR) is 82.8 cm³/mol. The van der Waals surface area contributed by atoms with E-state index in [1.807, 2.05) is 6.07 Å². The molecule has 1 aliphatic heterocycles. The highest BCUT2D eigenvalue weighted by molar-refractivity contribution is 5.93. The van der Waals surface area contributed by atoms with Crippen LogP contribution in [0.4, 0.5) is 5.88 Å². The van der Waals surface area contributed by atoms with Gasteiger partial charge in [-0.1, -0.05) is 0 Å². The third-order valence-electron chi connectivity index (χ3n) is 4.02. The van der Waals surface area contributed by atoms with Crippen LogP contribution in [-0.4, -0.2) is 42.5 Å². The van der Waals surface area contributed by atoms with Gasteiger partial charge >= 0.3 is 5.97 Å². The molecule has 7 heteroatoms.